The Morgan fingerprint density at radius 1 is 1.00 bits per heavy atom. The van der Waals surface area contributed by atoms with Crippen molar-refractivity contribution in [1.29, 1.82) is 0 Å². The van der Waals surface area contributed by atoms with Crippen molar-refractivity contribution in [2.24, 2.45) is 23.7 Å². The number of fused-ring (bicyclic) bond motifs is 7. The van der Waals surface area contributed by atoms with Gasteiger partial charge in [0.1, 0.15) is 5.78 Å². The lowest BCUT2D eigenvalue weighted by Crippen LogP contribution is -2.35. The van der Waals surface area contributed by atoms with Gasteiger partial charge in [-0.3, -0.25) is 4.79 Å². The smallest absolute Gasteiger partial charge is 0.135 e. The molecule has 3 saturated carbocycles. The summed E-state index contributed by atoms with van der Waals surface area (Å²) in [5.41, 5.74) is 5.18. The van der Waals surface area contributed by atoms with Crippen LogP contribution in [0.5, 0.6) is 0 Å². The molecule has 2 bridgehead atoms. The van der Waals surface area contributed by atoms with E-state index in [4.69, 9.17) is 23.2 Å². The third-order valence-corrected chi connectivity index (χ3v) is 9.04. The third kappa shape index (κ3) is 3.51. The average Bonchev–Trinajstić information content (AvgIpc) is 3.41. The van der Waals surface area contributed by atoms with Crippen LogP contribution in [0.15, 0.2) is 36.4 Å². The summed E-state index contributed by atoms with van der Waals surface area (Å²) < 4.78 is 0. The van der Waals surface area contributed by atoms with Crippen molar-refractivity contribution in [3.05, 3.63) is 63.1 Å². The van der Waals surface area contributed by atoms with Crippen LogP contribution in [-0.4, -0.2) is 5.78 Å². The van der Waals surface area contributed by atoms with Crippen LogP contribution in [-0.2, 0) is 11.2 Å². The summed E-state index contributed by atoms with van der Waals surface area (Å²) in [5, 5.41) is 5.39. The Kier molecular flexibility index (Phi) is 5.07. The number of rotatable bonds is 6. The first-order chi connectivity index (χ1) is 15.1. The van der Waals surface area contributed by atoms with Crippen LogP contribution in [0.25, 0.3) is 0 Å². The predicted octanol–water partition coefficient (Wildman–Crippen LogP) is 7.59. The molecule has 1 heterocycles. The number of nitrogens with one attached hydrogen (secondary N) is 1. The molecule has 3 fully saturated rings. The Bertz CT molecular complexity index is 1010. The van der Waals surface area contributed by atoms with Gasteiger partial charge in [0, 0.05) is 33.6 Å². The first kappa shape index (κ1) is 20.1. The zero-order chi connectivity index (χ0) is 21.1. The van der Waals surface area contributed by atoms with Gasteiger partial charge in [-0.15, -0.1) is 0 Å². The molecule has 3 aliphatic carbocycles. The highest BCUT2D eigenvalue weighted by Crippen LogP contribution is 2.64. The van der Waals surface area contributed by atoms with Gasteiger partial charge in [0.25, 0.3) is 0 Å². The summed E-state index contributed by atoms with van der Waals surface area (Å²) in [6.45, 7) is 0. The molecule has 2 nitrogen and oxygen atoms in total. The fourth-order valence-corrected chi connectivity index (χ4v) is 7.50. The Morgan fingerprint density at radius 2 is 1.77 bits per heavy atom. The van der Waals surface area contributed by atoms with Crippen LogP contribution in [0.4, 0.5) is 5.69 Å². The molecule has 4 aliphatic rings. The number of ketones is 1. The summed E-state index contributed by atoms with van der Waals surface area (Å²) in [6, 6.07) is 13.0. The first-order valence-electron chi connectivity index (χ1n) is 12.0. The van der Waals surface area contributed by atoms with E-state index in [1.54, 1.807) is 0 Å². The van der Waals surface area contributed by atoms with Gasteiger partial charge in [0.05, 0.1) is 6.04 Å². The fraction of sp³-hybridized carbons (Fsp3) is 0.519. The van der Waals surface area contributed by atoms with Crippen LogP contribution >= 0.6 is 23.2 Å². The Labute approximate surface area is 194 Å². The zero-order valence-electron chi connectivity index (χ0n) is 17.7. The zero-order valence-corrected chi connectivity index (χ0v) is 19.3. The molecule has 0 amide bonds. The van der Waals surface area contributed by atoms with E-state index in [1.807, 2.05) is 18.2 Å². The maximum Gasteiger partial charge on any atom is 0.135 e. The molecule has 1 N–H and O–H groups in total. The maximum absolute atomic E-state index is 12.1. The molecular formula is C27H29Cl2NO. The number of halogens is 2. The second-order valence-corrected chi connectivity index (χ2v) is 11.0. The van der Waals surface area contributed by atoms with Gasteiger partial charge in [-0.2, -0.15) is 0 Å². The molecule has 2 aromatic rings. The van der Waals surface area contributed by atoms with Gasteiger partial charge >= 0.3 is 0 Å². The van der Waals surface area contributed by atoms with Gasteiger partial charge in [-0.25, -0.2) is 0 Å². The lowest BCUT2D eigenvalue weighted by molar-refractivity contribution is -0.120. The molecule has 6 rings (SSSR count). The number of anilines is 1. The van der Waals surface area contributed by atoms with E-state index >= 15 is 0 Å². The second kappa shape index (κ2) is 7.81. The van der Waals surface area contributed by atoms with Gasteiger partial charge in [0.2, 0.25) is 0 Å². The van der Waals surface area contributed by atoms with E-state index in [-0.39, 0.29) is 6.04 Å². The van der Waals surface area contributed by atoms with Crippen molar-refractivity contribution >= 4 is 34.7 Å². The molecule has 4 heteroatoms. The maximum atomic E-state index is 12.1. The topological polar surface area (TPSA) is 29.1 Å². The van der Waals surface area contributed by atoms with Crippen molar-refractivity contribution in [3.8, 4) is 0 Å². The average molecular weight is 454 g/mol. The normalized spacial score (nSPS) is 30.6. The Morgan fingerprint density at radius 3 is 2.55 bits per heavy atom. The predicted molar refractivity (Wildman–Crippen MR) is 127 cm³/mol. The van der Waals surface area contributed by atoms with E-state index in [0.29, 0.717) is 23.5 Å². The van der Waals surface area contributed by atoms with Gasteiger partial charge in [0.15, 0.2) is 0 Å². The standard InChI is InChI=1S/C27H29Cl2NO/c28-20-4-2-5-21(29)26(20)27-25-18-11-10-17(14-18)24(25)19-13-15(7-12-22(19)30-27)3-1-6-23(31)16-8-9-16/h2,4-5,7,12-13,16-18,24-25,27,30H,1,3,6,8-11,14H2. The van der Waals surface area contributed by atoms with Crippen LogP contribution < -0.4 is 5.32 Å². The van der Waals surface area contributed by atoms with Gasteiger partial charge < -0.3 is 5.32 Å². The quantitative estimate of drug-likeness (QED) is 0.487. The van der Waals surface area contributed by atoms with Crippen molar-refractivity contribution in [3.63, 3.8) is 0 Å². The first-order valence-corrected chi connectivity index (χ1v) is 12.7. The van der Waals surface area contributed by atoms with Crippen molar-refractivity contribution in [2.75, 3.05) is 5.32 Å². The molecule has 5 atom stereocenters. The summed E-state index contributed by atoms with van der Waals surface area (Å²) in [4.78, 5) is 12.1. The van der Waals surface area contributed by atoms with Crippen LogP contribution in [0.1, 0.15) is 73.6 Å². The Hall–Kier alpha value is -1.51. The number of Topliss-reactive ketones (excluding diaryl/α,β-unsaturated/α-hetero) is 1. The highest BCUT2D eigenvalue weighted by molar-refractivity contribution is 6.36. The van der Waals surface area contributed by atoms with Crippen molar-refractivity contribution in [2.45, 2.75) is 63.3 Å². The highest BCUT2D eigenvalue weighted by atomic mass is 35.5. The van der Waals surface area contributed by atoms with E-state index in [2.05, 4.69) is 23.5 Å². The highest BCUT2D eigenvalue weighted by Gasteiger charge is 2.54. The van der Waals surface area contributed by atoms with Crippen LogP contribution in [0.2, 0.25) is 10.0 Å². The minimum Gasteiger partial charge on any atom is -0.378 e. The molecule has 0 saturated heterocycles. The van der Waals surface area contributed by atoms with Gasteiger partial charge in [-0.05, 0) is 97.9 Å². The molecular weight excluding hydrogens is 425 g/mol. The minimum absolute atomic E-state index is 0.177. The number of hydrogen-bond acceptors (Lipinski definition) is 2. The summed E-state index contributed by atoms with van der Waals surface area (Å²) in [7, 11) is 0. The largest absolute Gasteiger partial charge is 0.378 e. The summed E-state index contributed by atoms with van der Waals surface area (Å²) in [6.07, 6.45) is 8.94. The number of hydrogen-bond donors (Lipinski definition) is 1. The summed E-state index contributed by atoms with van der Waals surface area (Å²) >= 11 is 13.3. The van der Waals surface area contributed by atoms with E-state index in [0.717, 1.165) is 59.5 Å². The molecule has 0 radical (unpaired) electrons. The fourth-order valence-electron chi connectivity index (χ4n) is 6.86. The number of benzene rings is 2. The molecule has 0 aromatic heterocycles. The SMILES string of the molecule is O=C(CCCc1ccc2c(c1)C1C3CCC(C3)C1C(c1c(Cl)cccc1Cl)N2)C1CC1. The monoisotopic (exact) mass is 453 g/mol. The minimum atomic E-state index is 0.177. The van der Waals surface area contributed by atoms with Gasteiger partial charge in [-0.1, -0.05) is 41.4 Å². The molecule has 1 aliphatic heterocycles. The van der Waals surface area contributed by atoms with Crippen LogP contribution in [0, 0.1) is 23.7 Å². The Balaban J connectivity index is 1.30. The van der Waals surface area contributed by atoms with Crippen molar-refractivity contribution < 1.29 is 4.79 Å². The van der Waals surface area contributed by atoms with E-state index < -0.39 is 0 Å². The third-order valence-electron chi connectivity index (χ3n) is 8.38. The summed E-state index contributed by atoms with van der Waals surface area (Å²) in [5.74, 6) is 3.51. The van der Waals surface area contributed by atoms with Crippen LogP contribution in [0.3, 0.4) is 0 Å². The van der Waals surface area contributed by atoms with Crippen molar-refractivity contribution in [1.82, 2.24) is 0 Å². The van der Waals surface area contributed by atoms with E-state index in [1.165, 1.54) is 36.1 Å². The van der Waals surface area contributed by atoms with E-state index in [9.17, 15) is 4.79 Å². The lowest BCUT2D eigenvalue weighted by Gasteiger charge is -2.44. The molecule has 162 valence electrons. The molecule has 5 unspecified atom stereocenters. The number of carbonyl (C=O) groups is 1. The molecule has 0 spiro atoms. The lowest BCUT2D eigenvalue weighted by atomic mass is 9.67. The molecule has 2 aromatic carbocycles. The second-order valence-electron chi connectivity index (χ2n) is 10.2. The number of aryl methyl sites for hydroxylation is 1. The molecule has 31 heavy (non-hydrogen) atoms. The number of carbonyl (C=O) groups excluding carboxylic acids is 1.